The fraction of sp³-hybridized carbons (Fsp3) is 0.364. The molecule has 0 saturated carbocycles. The molecule has 37 heavy (non-hydrogen) atoms. The largest absolute Gasteiger partial charge is 0.490 e. The van der Waals surface area contributed by atoms with Crippen LogP contribution in [0.25, 0.3) is 22.3 Å². The molecule has 0 aliphatic heterocycles. The van der Waals surface area contributed by atoms with Gasteiger partial charge in [0.1, 0.15) is 19.0 Å². The summed E-state index contributed by atoms with van der Waals surface area (Å²) in [6.45, 7) is 10.1. The first-order valence-corrected chi connectivity index (χ1v) is 13.3. The van der Waals surface area contributed by atoms with Crippen LogP contribution in [0.2, 0.25) is 0 Å². The van der Waals surface area contributed by atoms with Crippen molar-refractivity contribution < 1.29 is 19.4 Å². The van der Waals surface area contributed by atoms with Crippen LogP contribution in [-0.2, 0) is 22.4 Å². The molecule has 0 aromatic heterocycles. The maximum Gasteiger partial charge on any atom is 0.333 e. The molecule has 3 rings (SSSR count). The van der Waals surface area contributed by atoms with Gasteiger partial charge in [0.15, 0.2) is 0 Å². The summed E-state index contributed by atoms with van der Waals surface area (Å²) in [4.78, 5) is 11.6. The monoisotopic (exact) mass is 500 g/mol. The number of hydrogen-bond donors (Lipinski definition) is 1. The van der Waals surface area contributed by atoms with Gasteiger partial charge in [-0.2, -0.15) is 0 Å². The summed E-state index contributed by atoms with van der Waals surface area (Å²) in [7, 11) is 0. The molecular formula is C33H40O4. The molecule has 0 atom stereocenters. The summed E-state index contributed by atoms with van der Waals surface area (Å²) in [6.07, 6.45) is 6.28. The second kappa shape index (κ2) is 14.4. The lowest BCUT2D eigenvalue weighted by Crippen LogP contribution is -2.13. The summed E-state index contributed by atoms with van der Waals surface area (Å²) >= 11 is 0. The van der Waals surface area contributed by atoms with E-state index in [1.165, 1.54) is 41.5 Å². The Hall–Kier alpha value is -3.37. The molecule has 0 aliphatic rings. The van der Waals surface area contributed by atoms with Gasteiger partial charge in [-0.3, -0.25) is 0 Å². The second-order valence-corrected chi connectivity index (χ2v) is 9.60. The maximum absolute atomic E-state index is 11.6. The number of aliphatic hydroxyl groups excluding tert-OH is 1. The number of aliphatic hydroxyl groups is 1. The summed E-state index contributed by atoms with van der Waals surface area (Å²) < 4.78 is 11.2. The van der Waals surface area contributed by atoms with E-state index in [4.69, 9.17) is 9.47 Å². The summed E-state index contributed by atoms with van der Waals surface area (Å²) in [5.41, 5.74) is 8.62. The SMILES string of the molecule is C=C(C)C(=O)OCCOc1cc(-c2ccc(-c3ccc(CCCCC)cc3)cc2C)ccc1CCCO. The third kappa shape index (κ3) is 8.33. The van der Waals surface area contributed by atoms with E-state index in [0.717, 1.165) is 28.9 Å². The van der Waals surface area contributed by atoms with Crippen LogP contribution in [0.4, 0.5) is 0 Å². The zero-order chi connectivity index (χ0) is 26.6. The Labute approximate surface area is 222 Å². The van der Waals surface area contributed by atoms with Crippen molar-refractivity contribution >= 4 is 5.97 Å². The highest BCUT2D eigenvalue weighted by Crippen LogP contribution is 2.33. The highest BCUT2D eigenvalue weighted by molar-refractivity contribution is 5.86. The number of hydrogen-bond acceptors (Lipinski definition) is 4. The number of ether oxygens (including phenoxy) is 2. The van der Waals surface area contributed by atoms with Crippen molar-refractivity contribution in [3.05, 3.63) is 89.5 Å². The molecule has 0 amide bonds. The molecule has 1 N–H and O–H groups in total. The van der Waals surface area contributed by atoms with E-state index in [0.29, 0.717) is 18.4 Å². The molecule has 0 fully saturated rings. The van der Waals surface area contributed by atoms with Crippen molar-refractivity contribution in [2.45, 2.75) is 59.3 Å². The quantitative estimate of drug-likeness (QED) is 0.142. The Kier molecular flexibility index (Phi) is 11.0. The predicted octanol–water partition coefficient (Wildman–Crippen LogP) is 7.48. The Balaban J connectivity index is 1.76. The van der Waals surface area contributed by atoms with Gasteiger partial charge >= 0.3 is 5.97 Å². The van der Waals surface area contributed by atoms with Gasteiger partial charge in [0.25, 0.3) is 0 Å². The number of rotatable bonds is 14. The number of unbranched alkanes of at least 4 members (excludes halogenated alkanes) is 2. The second-order valence-electron chi connectivity index (χ2n) is 9.60. The number of benzene rings is 3. The minimum absolute atomic E-state index is 0.123. The van der Waals surface area contributed by atoms with Gasteiger partial charge in [0.05, 0.1) is 0 Å². The smallest absolute Gasteiger partial charge is 0.333 e. The first-order chi connectivity index (χ1) is 17.9. The van der Waals surface area contributed by atoms with E-state index < -0.39 is 5.97 Å². The average molecular weight is 501 g/mol. The fourth-order valence-corrected chi connectivity index (χ4v) is 4.35. The van der Waals surface area contributed by atoms with Crippen molar-refractivity contribution in [1.82, 2.24) is 0 Å². The van der Waals surface area contributed by atoms with Gasteiger partial charge in [0, 0.05) is 12.2 Å². The third-order valence-corrected chi connectivity index (χ3v) is 6.49. The molecule has 3 aromatic carbocycles. The number of aryl methyl sites for hydroxylation is 3. The number of carbonyl (C=O) groups excluding carboxylic acids is 1. The molecule has 0 saturated heterocycles. The van der Waals surface area contributed by atoms with Crippen LogP contribution >= 0.6 is 0 Å². The number of carbonyl (C=O) groups is 1. The zero-order valence-corrected chi connectivity index (χ0v) is 22.5. The van der Waals surface area contributed by atoms with Crippen molar-refractivity contribution in [3.8, 4) is 28.0 Å². The van der Waals surface area contributed by atoms with Gasteiger partial charge in [0.2, 0.25) is 0 Å². The lowest BCUT2D eigenvalue weighted by Gasteiger charge is -2.15. The van der Waals surface area contributed by atoms with Crippen LogP contribution in [0.1, 0.15) is 56.2 Å². The van der Waals surface area contributed by atoms with Crippen LogP contribution in [0.5, 0.6) is 5.75 Å². The highest BCUT2D eigenvalue weighted by atomic mass is 16.6. The van der Waals surface area contributed by atoms with Crippen molar-refractivity contribution in [2.75, 3.05) is 19.8 Å². The Morgan fingerprint density at radius 2 is 1.59 bits per heavy atom. The Morgan fingerprint density at radius 3 is 2.27 bits per heavy atom. The Bertz CT molecular complexity index is 1180. The van der Waals surface area contributed by atoms with Crippen molar-refractivity contribution in [1.29, 1.82) is 0 Å². The van der Waals surface area contributed by atoms with Crippen molar-refractivity contribution in [3.63, 3.8) is 0 Å². The normalized spacial score (nSPS) is 10.8. The van der Waals surface area contributed by atoms with Crippen LogP contribution in [0.3, 0.4) is 0 Å². The lowest BCUT2D eigenvalue weighted by molar-refractivity contribution is -0.139. The molecule has 4 heteroatoms. The lowest BCUT2D eigenvalue weighted by atomic mass is 9.94. The molecule has 0 bridgehead atoms. The van der Waals surface area contributed by atoms with E-state index in [1.807, 2.05) is 6.07 Å². The van der Waals surface area contributed by atoms with Crippen LogP contribution in [0, 0.1) is 6.92 Å². The van der Waals surface area contributed by atoms with E-state index >= 15 is 0 Å². The first-order valence-electron chi connectivity index (χ1n) is 13.3. The van der Waals surface area contributed by atoms with Gasteiger partial charge in [-0.05, 0) is 84.5 Å². The summed E-state index contributed by atoms with van der Waals surface area (Å²) in [6, 6.07) is 21.7. The topological polar surface area (TPSA) is 55.8 Å². The minimum Gasteiger partial charge on any atom is -0.490 e. The third-order valence-electron chi connectivity index (χ3n) is 6.49. The van der Waals surface area contributed by atoms with Crippen molar-refractivity contribution in [2.24, 2.45) is 0 Å². The van der Waals surface area contributed by atoms with Gasteiger partial charge < -0.3 is 14.6 Å². The maximum atomic E-state index is 11.6. The van der Waals surface area contributed by atoms with Gasteiger partial charge in [-0.15, -0.1) is 0 Å². The molecule has 0 heterocycles. The first kappa shape index (κ1) is 28.2. The molecule has 0 radical (unpaired) electrons. The summed E-state index contributed by atoms with van der Waals surface area (Å²) in [5.74, 6) is 0.333. The average Bonchev–Trinajstić information content (AvgIpc) is 2.90. The van der Waals surface area contributed by atoms with E-state index in [9.17, 15) is 9.90 Å². The van der Waals surface area contributed by atoms with E-state index in [-0.39, 0.29) is 19.8 Å². The van der Waals surface area contributed by atoms with E-state index in [2.05, 4.69) is 75.0 Å². The molecule has 196 valence electrons. The molecule has 3 aromatic rings. The van der Waals surface area contributed by atoms with Crippen LogP contribution < -0.4 is 4.74 Å². The molecule has 0 unspecified atom stereocenters. The predicted molar refractivity (Wildman–Crippen MR) is 152 cm³/mol. The standard InChI is InChI=1S/C33H40O4/c1-5-6-7-9-26-11-13-27(14-12-26)29-17-18-31(25(4)22-29)30-16-15-28(10-8-19-34)32(23-30)36-20-21-37-33(35)24(2)3/h11-18,22-23,34H,2,5-10,19-21H2,1,3-4H3. The van der Waals surface area contributed by atoms with Crippen LogP contribution in [-0.4, -0.2) is 30.9 Å². The molecule has 4 nitrogen and oxygen atoms in total. The van der Waals surface area contributed by atoms with Gasteiger partial charge in [-0.25, -0.2) is 4.79 Å². The minimum atomic E-state index is -0.417. The summed E-state index contributed by atoms with van der Waals surface area (Å²) in [5, 5.41) is 9.29. The number of esters is 1. The van der Waals surface area contributed by atoms with Gasteiger partial charge in [-0.1, -0.05) is 80.9 Å². The fourth-order valence-electron chi connectivity index (χ4n) is 4.35. The molecular weight excluding hydrogens is 460 g/mol. The van der Waals surface area contributed by atoms with Crippen LogP contribution in [0.15, 0.2) is 72.8 Å². The Morgan fingerprint density at radius 1 is 0.865 bits per heavy atom. The molecule has 0 aliphatic carbocycles. The molecule has 0 spiro atoms. The van der Waals surface area contributed by atoms with E-state index in [1.54, 1.807) is 6.92 Å². The zero-order valence-electron chi connectivity index (χ0n) is 22.5. The highest BCUT2D eigenvalue weighted by Gasteiger charge is 2.11.